The average Bonchev–Trinajstić information content (AvgIpc) is 3.11. The fourth-order valence-corrected chi connectivity index (χ4v) is 3.20. The van der Waals surface area contributed by atoms with Gasteiger partial charge < -0.3 is 9.64 Å². The predicted molar refractivity (Wildman–Crippen MR) is 106 cm³/mol. The number of anilines is 1. The van der Waals surface area contributed by atoms with E-state index >= 15 is 0 Å². The highest BCUT2D eigenvalue weighted by molar-refractivity contribution is 6.30. The zero-order chi connectivity index (χ0) is 19.7. The highest BCUT2D eigenvalue weighted by atomic mass is 35.5. The van der Waals surface area contributed by atoms with Crippen LogP contribution in [0.3, 0.4) is 0 Å². The molecule has 0 bridgehead atoms. The van der Waals surface area contributed by atoms with Crippen LogP contribution in [-0.4, -0.2) is 34.0 Å². The van der Waals surface area contributed by atoms with Gasteiger partial charge in [-0.1, -0.05) is 23.7 Å². The molecule has 0 radical (unpaired) electrons. The number of fused-ring (bicyclic) bond motifs is 1. The molecule has 2 aromatic heterocycles. The van der Waals surface area contributed by atoms with E-state index in [-0.39, 0.29) is 5.82 Å². The van der Waals surface area contributed by atoms with E-state index in [1.54, 1.807) is 42.0 Å². The molecule has 0 aliphatic rings. The van der Waals surface area contributed by atoms with Crippen LogP contribution in [0.2, 0.25) is 5.02 Å². The molecule has 0 aliphatic heterocycles. The minimum Gasteiger partial charge on any atom is -0.496 e. The maximum atomic E-state index is 14.2. The van der Waals surface area contributed by atoms with Gasteiger partial charge in [-0.15, -0.1) is 15.3 Å². The summed E-state index contributed by atoms with van der Waals surface area (Å²) >= 11 is 6.12. The van der Waals surface area contributed by atoms with E-state index in [1.807, 2.05) is 30.1 Å². The van der Waals surface area contributed by atoms with E-state index in [1.165, 1.54) is 6.07 Å². The molecule has 6 nitrogen and oxygen atoms in total. The molecule has 0 saturated carbocycles. The summed E-state index contributed by atoms with van der Waals surface area (Å²) in [5.41, 5.74) is 1.81. The van der Waals surface area contributed by atoms with E-state index in [4.69, 9.17) is 16.3 Å². The molecule has 142 valence electrons. The van der Waals surface area contributed by atoms with Gasteiger partial charge in [0.1, 0.15) is 17.4 Å². The van der Waals surface area contributed by atoms with Crippen molar-refractivity contribution >= 4 is 23.1 Å². The molecule has 0 atom stereocenters. The smallest absolute Gasteiger partial charge is 0.188 e. The maximum absolute atomic E-state index is 14.2. The lowest BCUT2D eigenvalue weighted by molar-refractivity contribution is 0.409. The van der Waals surface area contributed by atoms with E-state index in [2.05, 4.69) is 15.3 Å². The van der Waals surface area contributed by atoms with Crippen LogP contribution >= 0.6 is 11.6 Å². The minimum absolute atomic E-state index is 0.346. The van der Waals surface area contributed by atoms with Gasteiger partial charge in [0.25, 0.3) is 0 Å². The number of nitrogens with zero attached hydrogens (tertiary/aromatic N) is 5. The van der Waals surface area contributed by atoms with Crippen molar-refractivity contribution in [1.29, 1.82) is 0 Å². The van der Waals surface area contributed by atoms with Crippen LogP contribution in [0.1, 0.15) is 5.56 Å². The Balaban J connectivity index is 1.71. The standard InChI is InChI=1S/C20H17ClFN5O/c1-26(12-13-11-14(21)7-8-17(13)28-2)19-10-9-18-23-24-20(27(18)25-19)15-5-3-4-6-16(15)22/h3-11H,12H2,1-2H3. The summed E-state index contributed by atoms with van der Waals surface area (Å²) in [4.78, 5) is 1.94. The Hall–Kier alpha value is -3.19. The molecule has 0 aliphatic carbocycles. The molecule has 0 spiro atoms. The molecule has 0 amide bonds. The van der Waals surface area contributed by atoms with Crippen LogP contribution in [0.15, 0.2) is 54.6 Å². The van der Waals surface area contributed by atoms with Crippen LogP contribution in [0.4, 0.5) is 10.2 Å². The Morgan fingerprint density at radius 1 is 1.11 bits per heavy atom. The van der Waals surface area contributed by atoms with Gasteiger partial charge in [-0.3, -0.25) is 0 Å². The first kappa shape index (κ1) is 18.2. The van der Waals surface area contributed by atoms with Gasteiger partial charge in [-0.25, -0.2) is 4.39 Å². The third-order valence-corrected chi connectivity index (χ3v) is 4.64. The fourth-order valence-electron chi connectivity index (χ4n) is 3.00. The number of benzene rings is 2. The van der Waals surface area contributed by atoms with Crippen LogP contribution < -0.4 is 9.64 Å². The number of aromatic nitrogens is 4. The fraction of sp³-hybridized carbons (Fsp3) is 0.150. The first-order valence-corrected chi connectivity index (χ1v) is 8.95. The van der Waals surface area contributed by atoms with E-state index in [0.717, 1.165) is 11.3 Å². The van der Waals surface area contributed by atoms with Gasteiger partial charge in [-0.05, 0) is 42.5 Å². The van der Waals surface area contributed by atoms with Crippen molar-refractivity contribution < 1.29 is 9.13 Å². The Morgan fingerprint density at radius 3 is 2.71 bits per heavy atom. The quantitative estimate of drug-likeness (QED) is 0.504. The molecule has 28 heavy (non-hydrogen) atoms. The van der Waals surface area contributed by atoms with Crippen molar-refractivity contribution in [3.8, 4) is 17.1 Å². The SMILES string of the molecule is COc1ccc(Cl)cc1CN(C)c1ccc2nnc(-c3ccccc3F)n2n1. The average molecular weight is 398 g/mol. The number of hydrogen-bond donors (Lipinski definition) is 0. The summed E-state index contributed by atoms with van der Waals surface area (Å²) in [5.74, 6) is 1.39. The van der Waals surface area contributed by atoms with Crippen molar-refractivity contribution in [2.24, 2.45) is 0 Å². The zero-order valence-corrected chi connectivity index (χ0v) is 16.1. The molecule has 2 aromatic carbocycles. The Kier molecular flexibility index (Phi) is 4.83. The van der Waals surface area contributed by atoms with E-state index in [9.17, 15) is 4.39 Å². The summed E-state index contributed by atoms with van der Waals surface area (Å²) < 4.78 is 21.2. The first-order chi connectivity index (χ1) is 13.6. The maximum Gasteiger partial charge on any atom is 0.188 e. The van der Waals surface area contributed by atoms with Crippen LogP contribution in [0, 0.1) is 5.82 Å². The van der Waals surface area contributed by atoms with E-state index < -0.39 is 0 Å². The number of hydrogen-bond acceptors (Lipinski definition) is 5. The first-order valence-electron chi connectivity index (χ1n) is 8.58. The molecule has 0 N–H and O–H groups in total. The summed E-state index contributed by atoms with van der Waals surface area (Å²) in [6, 6.07) is 15.5. The lowest BCUT2D eigenvalue weighted by atomic mass is 10.2. The summed E-state index contributed by atoms with van der Waals surface area (Å²) in [5, 5.41) is 13.4. The van der Waals surface area contributed by atoms with Crippen molar-refractivity contribution in [3.63, 3.8) is 0 Å². The second-order valence-corrected chi connectivity index (χ2v) is 6.71. The van der Waals surface area contributed by atoms with E-state index in [0.29, 0.717) is 34.4 Å². The van der Waals surface area contributed by atoms with Crippen molar-refractivity contribution in [3.05, 3.63) is 71.0 Å². The van der Waals surface area contributed by atoms with Crippen molar-refractivity contribution in [2.75, 3.05) is 19.1 Å². The Bertz CT molecular complexity index is 1150. The van der Waals surface area contributed by atoms with Crippen molar-refractivity contribution in [1.82, 2.24) is 19.8 Å². The van der Waals surface area contributed by atoms with Gasteiger partial charge >= 0.3 is 0 Å². The molecule has 0 fully saturated rings. The monoisotopic (exact) mass is 397 g/mol. The van der Waals surface area contributed by atoms with Crippen LogP contribution in [-0.2, 0) is 6.54 Å². The molecule has 0 saturated heterocycles. The number of rotatable bonds is 5. The number of ether oxygens (including phenoxy) is 1. The lowest BCUT2D eigenvalue weighted by Crippen LogP contribution is -2.19. The third kappa shape index (κ3) is 3.36. The van der Waals surface area contributed by atoms with Crippen LogP contribution in [0.5, 0.6) is 5.75 Å². The number of methoxy groups -OCH3 is 1. The van der Waals surface area contributed by atoms with Gasteiger partial charge in [-0.2, -0.15) is 4.52 Å². The van der Waals surface area contributed by atoms with Crippen molar-refractivity contribution in [2.45, 2.75) is 6.54 Å². The predicted octanol–water partition coefficient (Wildman–Crippen LogP) is 4.23. The largest absolute Gasteiger partial charge is 0.496 e. The Labute approximate surface area is 166 Å². The summed E-state index contributed by atoms with van der Waals surface area (Å²) in [6.07, 6.45) is 0. The second-order valence-electron chi connectivity index (χ2n) is 6.28. The third-order valence-electron chi connectivity index (χ3n) is 4.40. The molecule has 2 heterocycles. The molecular weight excluding hydrogens is 381 g/mol. The highest BCUT2D eigenvalue weighted by Gasteiger charge is 2.15. The molecule has 0 unspecified atom stereocenters. The van der Waals surface area contributed by atoms with Crippen LogP contribution in [0.25, 0.3) is 17.0 Å². The minimum atomic E-state index is -0.374. The summed E-state index contributed by atoms with van der Waals surface area (Å²) in [6.45, 7) is 0.527. The Morgan fingerprint density at radius 2 is 1.93 bits per heavy atom. The summed E-state index contributed by atoms with van der Waals surface area (Å²) in [7, 11) is 3.52. The molecule has 4 aromatic rings. The highest BCUT2D eigenvalue weighted by Crippen LogP contribution is 2.26. The topological polar surface area (TPSA) is 55.5 Å². The van der Waals surface area contributed by atoms with Gasteiger partial charge in [0.2, 0.25) is 0 Å². The molecule has 4 rings (SSSR count). The van der Waals surface area contributed by atoms with Gasteiger partial charge in [0, 0.05) is 24.2 Å². The number of halogens is 2. The lowest BCUT2D eigenvalue weighted by Gasteiger charge is -2.20. The molecule has 8 heteroatoms. The zero-order valence-electron chi connectivity index (χ0n) is 15.3. The normalized spacial score (nSPS) is 11.0. The van der Waals surface area contributed by atoms with Gasteiger partial charge in [0.05, 0.1) is 12.7 Å². The molecular formula is C20H17ClFN5O. The second kappa shape index (κ2) is 7.44. The van der Waals surface area contributed by atoms with Gasteiger partial charge in [0.15, 0.2) is 11.5 Å².